The van der Waals surface area contributed by atoms with Gasteiger partial charge >= 0.3 is 0 Å². The number of hydrogen-bond acceptors (Lipinski definition) is 5. The highest BCUT2D eigenvalue weighted by Crippen LogP contribution is 2.32. The van der Waals surface area contributed by atoms with Crippen molar-refractivity contribution in [1.82, 2.24) is 24.5 Å². The zero-order valence-electron chi connectivity index (χ0n) is 18.9. The number of fused-ring (bicyclic) bond motifs is 2. The van der Waals surface area contributed by atoms with Crippen LogP contribution < -0.4 is 5.32 Å². The Morgan fingerprint density at radius 3 is 2.68 bits per heavy atom. The molecule has 0 spiro atoms. The molecule has 0 aliphatic heterocycles. The lowest BCUT2D eigenvalue weighted by atomic mass is 9.96. The van der Waals surface area contributed by atoms with Gasteiger partial charge in [0.25, 0.3) is 0 Å². The molecular formula is C25H32N6. The molecule has 3 aromatic heterocycles. The van der Waals surface area contributed by atoms with Gasteiger partial charge in [0.1, 0.15) is 5.82 Å². The summed E-state index contributed by atoms with van der Waals surface area (Å²) in [7, 11) is 0. The summed E-state index contributed by atoms with van der Waals surface area (Å²) in [6.07, 6.45) is 15.8. The predicted octanol–water partition coefficient (Wildman–Crippen LogP) is 5.62. The maximum atomic E-state index is 4.95. The molecule has 1 fully saturated rings. The number of anilines is 1. The van der Waals surface area contributed by atoms with Gasteiger partial charge in [-0.2, -0.15) is 0 Å². The molecule has 0 unspecified atom stereocenters. The minimum Gasteiger partial charge on any atom is -0.351 e. The Morgan fingerprint density at radius 2 is 1.87 bits per heavy atom. The van der Waals surface area contributed by atoms with E-state index in [4.69, 9.17) is 15.0 Å². The summed E-state index contributed by atoms with van der Waals surface area (Å²) in [5, 5.41) is 3.59. The average molecular weight is 417 g/mol. The SMILES string of the molecule is Cc1nc2ncc(C3=CCCCc4nc(NC5CCCCC5)ncc43)cc2n1C(C)C. The first-order valence-corrected chi connectivity index (χ1v) is 11.8. The van der Waals surface area contributed by atoms with Crippen molar-refractivity contribution in [2.75, 3.05) is 5.32 Å². The van der Waals surface area contributed by atoms with Crippen LogP contribution >= 0.6 is 0 Å². The van der Waals surface area contributed by atoms with Crippen LogP contribution in [0.25, 0.3) is 16.7 Å². The van der Waals surface area contributed by atoms with Gasteiger partial charge in [-0.05, 0) is 64.5 Å². The minimum absolute atomic E-state index is 0.342. The molecule has 0 amide bonds. The van der Waals surface area contributed by atoms with Gasteiger partial charge in [0, 0.05) is 35.6 Å². The lowest BCUT2D eigenvalue weighted by molar-refractivity contribution is 0.460. The van der Waals surface area contributed by atoms with Gasteiger partial charge in [-0.25, -0.2) is 19.9 Å². The number of pyridine rings is 1. The highest BCUT2D eigenvalue weighted by atomic mass is 15.1. The molecule has 0 radical (unpaired) electrons. The van der Waals surface area contributed by atoms with E-state index in [1.54, 1.807) is 0 Å². The van der Waals surface area contributed by atoms with Gasteiger partial charge in [0.2, 0.25) is 5.95 Å². The average Bonchev–Trinajstić information content (AvgIpc) is 2.95. The van der Waals surface area contributed by atoms with Crippen LogP contribution in [0.2, 0.25) is 0 Å². The number of allylic oxidation sites excluding steroid dienone is 1. The molecule has 6 heteroatoms. The summed E-state index contributed by atoms with van der Waals surface area (Å²) in [6.45, 7) is 6.43. The van der Waals surface area contributed by atoms with Crippen molar-refractivity contribution in [3.8, 4) is 0 Å². The van der Waals surface area contributed by atoms with Gasteiger partial charge in [-0.15, -0.1) is 0 Å². The van der Waals surface area contributed by atoms with E-state index in [-0.39, 0.29) is 0 Å². The molecule has 5 rings (SSSR count). The fourth-order valence-corrected chi connectivity index (χ4v) is 5.12. The molecular weight excluding hydrogens is 384 g/mol. The molecule has 2 aliphatic rings. The molecule has 0 aromatic carbocycles. The Bertz CT molecular complexity index is 1120. The fraction of sp³-hybridized carbons (Fsp3) is 0.520. The quantitative estimate of drug-likeness (QED) is 0.597. The number of aryl methyl sites for hydroxylation is 2. The molecule has 0 saturated heterocycles. The number of nitrogens with zero attached hydrogens (tertiary/aromatic N) is 5. The molecule has 3 heterocycles. The number of rotatable bonds is 4. The second-order valence-electron chi connectivity index (χ2n) is 9.23. The maximum absolute atomic E-state index is 4.95. The van der Waals surface area contributed by atoms with Crippen LogP contribution in [0.1, 0.15) is 87.5 Å². The maximum Gasteiger partial charge on any atom is 0.223 e. The van der Waals surface area contributed by atoms with Crippen molar-refractivity contribution in [1.29, 1.82) is 0 Å². The summed E-state index contributed by atoms with van der Waals surface area (Å²) in [4.78, 5) is 19.0. The number of aromatic nitrogens is 5. The van der Waals surface area contributed by atoms with E-state index in [1.807, 2.05) is 12.4 Å². The van der Waals surface area contributed by atoms with E-state index < -0.39 is 0 Å². The number of hydrogen-bond donors (Lipinski definition) is 1. The van der Waals surface area contributed by atoms with Crippen LogP contribution in [0.4, 0.5) is 5.95 Å². The summed E-state index contributed by atoms with van der Waals surface area (Å²) in [5.41, 5.74) is 6.50. The molecule has 162 valence electrons. The molecule has 1 N–H and O–H groups in total. The lowest BCUT2D eigenvalue weighted by Gasteiger charge is -2.23. The fourth-order valence-electron chi connectivity index (χ4n) is 5.12. The first-order chi connectivity index (χ1) is 15.1. The highest BCUT2D eigenvalue weighted by molar-refractivity contribution is 5.85. The van der Waals surface area contributed by atoms with E-state index in [1.165, 1.54) is 37.7 Å². The van der Waals surface area contributed by atoms with Crippen molar-refractivity contribution in [2.45, 2.75) is 84.2 Å². The van der Waals surface area contributed by atoms with Crippen LogP contribution in [-0.4, -0.2) is 30.5 Å². The largest absolute Gasteiger partial charge is 0.351 e. The topological polar surface area (TPSA) is 68.5 Å². The second-order valence-corrected chi connectivity index (χ2v) is 9.23. The van der Waals surface area contributed by atoms with E-state index >= 15 is 0 Å². The van der Waals surface area contributed by atoms with E-state index in [0.29, 0.717) is 12.1 Å². The number of imidazole rings is 1. The molecule has 2 aliphatic carbocycles. The Balaban J connectivity index is 1.50. The summed E-state index contributed by atoms with van der Waals surface area (Å²) in [6, 6.07) is 3.09. The smallest absolute Gasteiger partial charge is 0.223 e. The van der Waals surface area contributed by atoms with Crippen molar-refractivity contribution in [2.24, 2.45) is 0 Å². The van der Waals surface area contributed by atoms with Crippen molar-refractivity contribution in [3.05, 3.63) is 47.2 Å². The van der Waals surface area contributed by atoms with Crippen molar-refractivity contribution in [3.63, 3.8) is 0 Å². The Labute approximate surface area is 184 Å². The van der Waals surface area contributed by atoms with Crippen LogP contribution in [0, 0.1) is 6.92 Å². The van der Waals surface area contributed by atoms with Crippen LogP contribution in [0.5, 0.6) is 0 Å². The molecule has 0 bridgehead atoms. The van der Waals surface area contributed by atoms with Crippen molar-refractivity contribution >= 4 is 22.7 Å². The lowest BCUT2D eigenvalue weighted by Crippen LogP contribution is -2.23. The molecule has 3 aromatic rings. The predicted molar refractivity (Wildman–Crippen MR) is 125 cm³/mol. The van der Waals surface area contributed by atoms with Crippen molar-refractivity contribution < 1.29 is 0 Å². The third-order valence-corrected chi connectivity index (χ3v) is 6.61. The Morgan fingerprint density at radius 1 is 1.03 bits per heavy atom. The number of nitrogens with one attached hydrogen (secondary N) is 1. The second kappa shape index (κ2) is 8.40. The Hall–Kier alpha value is -2.76. The molecule has 1 saturated carbocycles. The molecule has 31 heavy (non-hydrogen) atoms. The van der Waals surface area contributed by atoms with Gasteiger partial charge in [0.15, 0.2) is 5.65 Å². The zero-order valence-corrected chi connectivity index (χ0v) is 18.9. The first kappa shape index (κ1) is 20.2. The summed E-state index contributed by atoms with van der Waals surface area (Å²) >= 11 is 0. The summed E-state index contributed by atoms with van der Waals surface area (Å²) in [5.74, 6) is 1.79. The van der Waals surface area contributed by atoms with E-state index in [0.717, 1.165) is 59.0 Å². The highest BCUT2D eigenvalue weighted by Gasteiger charge is 2.20. The van der Waals surface area contributed by atoms with Crippen LogP contribution in [0.3, 0.4) is 0 Å². The molecule has 0 atom stereocenters. The van der Waals surface area contributed by atoms with Gasteiger partial charge < -0.3 is 9.88 Å². The first-order valence-electron chi connectivity index (χ1n) is 11.8. The third kappa shape index (κ3) is 3.95. The summed E-state index contributed by atoms with van der Waals surface area (Å²) < 4.78 is 2.26. The van der Waals surface area contributed by atoms with Crippen LogP contribution in [-0.2, 0) is 6.42 Å². The van der Waals surface area contributed by atoms with E-state index in [2.05, 4.69) is 47.8 Å². The van der Waals surface area contributed by atoms with Gasteiger partial charge in [-0.1, -0.05) is 25.3 Å². The monoisotopic (exact) mass is 416 g/mol. The van der Waals surface area contributed by atoms with Crippen LogP contribution in [0.15, 0.2) is 24.5 Å². The Kier molecular flexibility index (Phi) is 5.47. The van der Waals surface area contributed by atoms with Gasteiger partial charge in [0.05, 0.1) is 11.2 Å². The van der Waals surface area contributed by atoms with Gasteiger partial charge in [-0.3, -0.25) is 0 Å². The molecule has 6 nitrogen and oxygen atoms in total. The standard InChI is InChI=1S/C25H32N6/c1-16(2)31-17(3)28-24-23(31)13-18(14-26-24)20-11-7-8-12-22-21(20)15-27-25(30-22)29-19-9-5-4-6-10-19/h11,13-16,19H,4-10,12H2,1-3H3,(H,27,29,30). The van der Waals surface area contributed by atoms with E-state index in [9.17, 15) is 0 Å². The third-order valence-electron chi connectivity index (χ3n) is 6.61. The minimum atomic E-state index is 0.342. The normalized spacial score (nSPS) is 17.5. The zero-order chi connectivity index (χ0) is 21.4.